The first-order chi connectivity index (χ1) is 13.7. The largest absolute Gasteiger partial charge is 0.322 e. The zero-order valence-electron chi connectivity index (χ0n) is 17.1. The highest BCUT2D eigenvalue weighted by atomic mass is 16.2. The van der Waals surface area contributed by atoms with E-state index >= 15 is 0 Å². The molecule has 1 aromatic heterocycles. The molecule has 5 nitrogen and oxygen atoms in total. The van der Waals surface area contributed by atoms with Gasteiger partial charge >= 0.3 is 0 Å². The maximum Gasteiger partial charge on any atom is 0.274 e. The molecule has 3 aromatic rings. The summed E-state index contributed by atoms with van der Waals surface area (Å²) in [5.41, 5.74) is 4.27. The number of carbonyl (C=O) groups is 2. The van der Waals surface area contributed by atoms with E-state index in [0.717, 1.165) is 5.56 Å². The van der Waals surface area contributed by atoms with Crippen molar-refractivity contribution < 1.29 is 9.59 Å². The number of nitrogens with zero attached hydrogens (tertiary/aromatic N) is 1. The maximum absolute atomic E-state index is 12.6. The van der Waals surface area contributed by atoms with Crippen molar-refractivity contribution in [2.24, 2.45) is 0 Å². The van der Waals surface area contributed by atoms with Crippen LogP contribution in [-0.4, -0.2) is 16.8 Å². The second kappa shape index (κ2) is 8.27. The highest BCUT2D eigenvalue weighted by Crippen LogP contribution is 2.23. The van der Waals surface area contributed by atoms with Gasteiger partial charge in [0.05, 0.1) is 0 Å². The molecule has 2 amide bonds. The number of carbonyl (C=O) groups excluding carboxylic acids is 2. The lowest BCUT2D eigenvalue weighted by atomic mass is 9.87. The third-order valence-corrected chi connectivity index (χ3v) is 4.57. The first-order valence-electron chi connectivity index (χ1n) is 9.48. The normalized spacial score (nSPS) is 11.0. The average molecular weight is 387 g/mol. The van der Waals surface area contributed by atoms with Crippen LogP contribution < -0.4 is 10.6 Å². The van der Waals surface area contributed by atoms with Gasteiger partial charge in [0.25, 0.3) is 11.8 Å². The fourth-order valence-electron chi connectivity index (χ4n) is 2.78. The van der Waals surface area contributed by atoms with Crippen molar-refractivity contribution in [3.8, 4) is 0 Å². The summed E-state index contributed by atoms with van der Waals surface area (Å²) in [4.78, 5) is 29.2. The van der Waals surface area contributed by atoms with Crippen molar-refractivity contribution in [3.05, 3.63) is 89.2 Å². The summed E-state index contributed by atoms with van der Waals surface area (Å²) in [5, 5.41) is 5.65. The van der Waals surface area contributed by atoms with E-state index < -0.39 is 0 Å². The molecule has 0 saturated carbocycles. The molecule has 0 radical (unpaired) electrons. The molecule has 0 atom stereocenters. The third-order valence-electron chi connectivity index (χ3n) is 4.57. The van der Waals surface area contributed by atoms with Gasteiger partial charge in [-0.25, -0.2) is 0 Å². The number of amides is 2. The van der Waals surface area contributed by atoms with Gasteiger partial charge in [0.15, 0.2) is 0 Å². The lowest BCUT2D eigenvalue weighted by Gasteiger charge is -2.19. The average Bonchev–Trinajstić information content (AvgIpc) is 2.69. The molecule has 0 unspecified atom stereocenters. The Kier molecular flexibility index (Phi) is 5.78. The summed E-state index contributed by atoms with van der Waals surface area (Å²) in [6.07, 6.45) is 1.46. The van der Waals surface area contributed by atoms with Gasteiger partial charge in [-0.15, -0.1) is 0 Å². The minimum atomic E-state index is -0.363. The topological polar surface area (TPSA) is 71.1 Å². The highest BCUT2D eigenvalue weighted by Gasteiger charge is 2.15. The van der Waals surface area contributed by atoms with Crippen LogP contribution in [0.4, 0.5) is 11.4 Å². The van der Waals surface area contributed by atoms with E-state index in [9.17, 15) is 9.59 Å². The van der Waals surface area contributed by atoms with Crippen LogP contribution in [0, 0.1) is 6.92 Å². The Bertz CT molecular complexity index is 1020. The van der Waals surface area contributed by atoms with E-state index in [1.165, 1.54) is 17.8 Å². The van der Waals surface area contributed by atoms with Crippen LogP contribution in [0.2, 0.25) is 0 Å². The first kappa shape index (κ1) is 20.3. The van der Waals surface area contributed by atoms with Crippen molar-refractivity contribution in [3.63, 3.8) is 0 Å². The number of aryl methyl sites for hydroxylation is 1. The van der Waals surface area contributed by atoms with Crippen LogP contribution in [0.25, 0.3) is 0 Å². The molecule has 0 saturated heterocycles. The standard InChI is InChI=1S/C24H25N3O2/c1-16-5-9-19(10-6-16)26-22(28)17-13-14-25-21(15-17)23(29)27-20-11-7-18(8-12-20)24(2,3)4/h5-15H,1-4H3,(H,26,28)(H,27,29). The molecular formula is C24H25N3O2. The van der Waals surface area contributed by atoms with Gasteiger partial charge in [-0.2, -0.15) is 0 Å². The van der Waals surface area contributed by atoms with Crippen LogP contribution in [0.1, 0.15) is 52.7 Å². The highest BCUT2D eigenvalue weighted by molar-refractivity contribution is 6.07. The summed E-state index contributed by atoms with van der Waals surface area (Å²) < 4.78 is 0. The number of aromatic nitrogens is 1. The molecule has 0 fully saturated rings. The van der Waals surface area contributed by atoms with Crippen LogP contribution in [0.3, 0.4) is 0 Å². The zero-order chi connectivity index (χ0) is 21.0. The van der Waals surface area contributed by atoms with Gasteiger partial charge in [-0.1, -0.05) is 50.6 Å². The fraction of sp³-hybridized carbons (Fsp3) is 0.208. The Hall–Kier alpha value is -3.47. The maximum atomic E-state index is 12.6. The van der Waals surface area contributed by atoms with Crippen LogP contribution >= 0.6 is 0 Å². The van der Waals surface area contributed by atoms with Crippen molar-refractivity contribution >= 4 is 23.2 Å². The lowest BCUT2D eigenvalue weighted by molar-refractivity contribution is 0.102. The SMILES string of the molecule is Cc1ccc(NC(=O)c2ccnc(C(=O)Nc3ccc(C(C)(C)C)cc3)c2)cc1. The summed E-state index contributed by atoms with van der Waals surface area (Å²) in [7, 11) is 0. The van der Waals surface area contributed by atoms with Gasteiger partial charge in [0.1, 0.15) is 5.69 Å². The predicted molar refractivity (Wildman–Crippen MR) is 116 cm³/mol. The molecule has 0 aliphatic carbocycles. The molecule has 2 N–H and O–H groups in total. The van der Waals surface area contributed by atoms with Gasteiger partial charge in [-0.05, 0) is 54.3 Å². The summed E-state index contributed by atoms with van der Waals surface area (Å²) >= 11 is 0. The summed E-state index contributed by atoms with van der Waals surface area (Å²) in [5.74, 6) is -0.654. The summed E-state index contributed by atoms with van der Waals surface area (Å²) in [6, 6.07) is 18.3. The van der Waals surface area contributed by atoms with E-state index in [0.29, 0.717) is 16.9 Å². The number of rotatable bonds is 4. The predicted octanol–water partition coefficient (Wildman–Crippen LogP) is 5.19. The van der Waals surface area contributed by atoms with Gasteiger partial charge in [-0.3, -0.25) is 14.6 Å². The Morgan fingerprint density at radius 3 is 1.93 bits per heavy atom. The lowest BCUT2D eigenvalue weighted by Crippen LogP contribution is -2.17. The molecule has 0 aliphatic heterocycles. The Balaban J connectivity index is 1.70. The molecule has 3 rings (SSSR count). The van der Waals surface area contributed by atoms with E-state index in [-0.39, 0.29) is 22.9 Å². The van der Waals surface area contributed by atoms with Gasteiger partial charge in [0.2, 0.25) is 0 Å². The first-order valence-corrected chi connectivity index (χ1v) is 9.48. The Morgan fingerprint density at radius 2 is 1.34 bits per heavy atom. The number of hydrogen-bond acceptors (Lipinski definition) is 3. The quantitative estimate of drug-likeness (QED) is 0.647. The fourth-order valence-corrected chi connectivity index (χ4v) is 2.78. The minimum absolute atomic E-state index is 0.0449. The second-order valence-electron chi connectivity index (χ2n) is 8.03. The Labute approximate surface area is 171 Å². The van der Waals surface area contributed by atoms with Crippen molar-refractivity contribution in [2.45, 2.75) is 33.1 Å². The van der Waals surface area contributed by atoms with E-state index in [1.807, 2.05) is 55.5 Å². The Morgan fingerprint density at radius 1 is 0.793 bits per heavy atom. The number of pyridine rings is 1. The second-order valence-corrected chi connectivity index (χ2v) is 8.03. The minimum Gasteiger partial charge on any atom is -0.322 e. The van der Waals surface area contributed by atoms with Gasteiger partial charge in [0, 0.05) is 23.1 Å². The molecule has 0 aliphatic rings. The van der Waals surface area contributed by atoms with Crippen LogP contribution in [0.5, 0.6) is 0 Å². The molecule has 0 spiro atoms. The number of hydrogen-bond donors (Lipinski definition) is 2. The molecule has 5 heteroatoms. The molecule has 148 valence electrons. The number of anilines is 2. The molecule has 1 heterocycles. The number of nitrogens with one attached hydrogen (secondary N) is 2. The monoisotopic (exact) mass is 387 g/mol. The zero-order valence-corrected chi connectivity index (χ0v) is 17.1. The molecule has 2 aromatic carbocycles. The van der Waals surface area contributed by atoms with E-state index in [4.69, 9.17) is 0 Å². The summed E-state index contributed by atoms with van der Waals surface area (Å²) in [6.45, 7) is 8.39. The molecular weight excluding hydrogens is 362 g/mol. The number of benzene rings is 2. The molecule has 29 heavy (non-hydrogen) atoms. The van der Waals surface area contributed by atoms with Crippen LogP contribution in [0.15, 0.2) is 66.9 Å². The van der Waals surface area contributed by atoms with E-state index in [2.05, 4.69) is 36.4 Å². The van der Waals surface area contributed by atoms with Crippen molar-refractivity contribution in [2.75, 3.05) is 10.6 Å². The van der Waals surface area contributed by atoms with Crippen molar-refractivity contribution in [1.82, 2.24) is 4.98 Å². The smallest absolute Gasteiger partial charge is 0.274 e. The van der Waals surface area contributed by atoms with E-state index in [1.54, 1.807) is 6.07 Å². The van der Waals surface area contributed by atoms with Crippen molar-refractivity contribution in [1.29, 1.82) is 0 Å². The molecule has 0 bridgehead atoms. The van der Waals surface area contributed by atoms with Crippen LogP contribution in [-0.2, 0) is 5.41 Å². The van der Waals surface area contributed by atoms with Gasteiger partial charge < -0.3 is 10.6 Å². The third kappa shape index (κ3) is 5.29.